The van der Waals surface area contributed by atoms with Gasteiger partial charge in [-0.25, -0.2) is 0 Å². The highest BCUT2D eigenvalue weighted by molar-refractivity contribution is 6.31. The van der Waals surface area contributed by atoms with Gasteiger partial charge in [0.2, 0.25) is 5.91 Å². The van der Waals surface area contributed by atoms with Gasteiger partial charge in [-0.1, -0.05) is 55.2 Å². The number of carbonyl (C=O) groups is 1. The molecular weight excluding hydrogens is 405 g/mol. The Labute approximate surface area is 182 Å². The van der Waals surface area contributed by atoms with Gasteiger partial charge < -0.3 is 11.1 Å². The SMILES string of the molecule is CC(C)CCN1[C@@H](C)[C@@H](N)[C@H](c2cccc(Cl)c2)[C@]12C(=O)Nc1cc(Cl)ccc12. The van der Waals surface area contributed by atoms with E-state index >= 15 is 0 Å². The molecule has 4 nitrogen and oxygen atoms in total. The van der Waals surface area contributed by atoms with E-state index in [0.717, 1.165) is 29.8 Å². The zero-order valence-corrected chi connectivity index (χ0v) is 18.5. The number of rotatable bonds is 4. The average Bonchev–Trinajstić information content (AvgIpc) is 3.05. The zero-order valence-electron chi connectivity index (χ0n) is 17.0. The number of hydrogen-bond acceptors (Lipinski definition) is 3. The van der Waals surface area contributed by atoms with Crippen molar-refractivity contribution in [3.8, 4) is 0 Å². The van der Waals surface area contributed by atoms with Gasteiger partial charge in [0.25, 0.3) is 0 Å². The molecule has 2 heterocycles. The van der Waals surface area contributed by atoms with Crippen molar-refractivity contribution >= 4 is 34.8 Å². The predicted octanol–water partition coefficient (Wildman–Crippen LogP) is 5.00. The number of halogens is 2. The molecule has 4 atom stereocenters. The molecule has 0 radical (unpaired) electrons. The summed E-state index contributed by atoms with van der Waals surface area (Å²) in [7, 11) is 0. The van der Waals surface area contributed by atoms with Crippen molar-refractivity contribution in [3.63, 3.8) is 0 Å². The van der Waals surface area contributed by atoms with Gasteiger partial charge >= 0.3 is 0 Å². The number of nitrogens with two attached hydrogens (primary N) is 1. The predicted molar refractivity (Wildman–Crippen MR) is 120 cm³/mol. The number of anilines is 1. The van der Waals surface area contributed by atoms with Crippen molar-refractivity contribution in [1.29, 1.82) is 0 Å². The largest absolute Gasteiger partial charge is 0.326 e. The molecule has 1 saturated heterocycles. The van der Waals surface area contributed by atoms with Crippen LogP contribution >= 0.6 is 23.2 Å². The molecule has 4 rings (SSSR count). The van der Waals surface area contributed by atoms with Crippen molar-refractivity contribution in [2.24, 2.45) is 11.7 Å². The summed E-state index contributed by atoms with van der Waals surface area (Å²) in [5, 5.41) is 4.34. The standard InChI is InChI=1S/C23H27Cl2N3O/c1-13(2)9-10-28-14(3)21(26)20(15-5-4-6-16(24)11-15)23(28)18-8-7-17(25)12-19(18)27-22(23)29/h4-8,11-14,20-21H,9-10,26H2,1-3H3,(H,27,29)/t14-,20-,21+,23+/m0/s1. The van der Waals surface area contributed by atoms with Crippen LogP contribution in [0, 0.1) is 5.92 Å². The Kier molecular flexibility index (Phi) is 5.41. The highest BCUT2D eigenvalue weighted by Gasteiger charge is 2.64. The van der Waals surface area contributed by atoms with Gasteiger partial charge in [-0.2, -0.15) is 0 Å². The molecule has 0 bridgehead atoms. The number of benzene rings is 2. The van der Waals surface area contributed by atoms with E-state index in [9.17, 15) is 4.79 Å². The summed E-state index contributed by atoms with van der Waals surface area (Å²) < 4.78 is 0. The van der Waals surface area contributed by atoms with Crippen LogP contribution in [0.1, 0.15) is 44.2 Å². The van der Waals surface area contributed by atoms with Crippen LogP contribution in [0.15, 0.2) is 42.5 Å². The summed E-state index contributed by atoms with van der Waals surface area (Å²) in [5.41, 5.74) is 8.64. The van der Waals surface area contributed by atoms with E-state index in [-0.39, 0.29) is 23.9 Å². The maximum Gasteiger partial charge on any atom is 0.250 e. The second-order valence-electron chi connectivity index (χ2n) is 8.64. The van der Waals surface area contributed by atoms with Crippen LogP contribution in [0.25, 0.3) is 0 Å². The highest BCUT2D eigenvalue weighted by atomic mass is 35.5. The minimum atomic E-state index is -0.877. The molecule has 0 unspecified atom stereocenters. The minimum absolute atomic E-state index is 0.0325. The number of carbonyl (C=O) groups excluding carboxylic acids is 1. The molecule has 2 aromatic carbocycles. The molecule has 1 spiro atoms. The van der Waals surface area contributed by atoms with Crippen molar-refractivity contribution in [2.45, 2.75) is 50.7 Å². The molecule has 154 valence electrons. The molecular formula is C23H27Cl2N3O. The monoisotopic (exact) mass is 431 g/mol. The van der Waals surface area contributed by atoms with Crippen molar-refractivity contribution in [2.75, 3.05) is 11.9 Å². The highest BCUT2D eigenvalue weighted by Crippen LogP contribution is 2.56. The lowest BCUT2D eigenvalue weighted by molar-refractivity contribution is -0.127. The van der Waals surface area contributed by atoms with E-state index < -0.39 is 5.54 Å². The number of nitrogens with zero attached hydrogens (tertiary/aromatic N) is 1. The quantitative estimate of drug-likeness (QED) is 0.715. The number of amides is 1. The van der Waals surface area contributed by atoms with Crippen LogP contribution in [0.2, 0.25) is 10.0 Å². The van der Waals surface area contributed by atoms with Crippen LogP contribution in [-0.4, -0.2) is 29.4 Å². The second-order valence-corrected chi connectivity index (χ2v) is 9.51. The molecule has 1 amide bonds. The van der Waals surface area contributed by atoms with Gasteiger partial charge in [0.15, 0.2) is 0 Å². The lowest BCUT2D eigenvalue weighted by Gasteiger charge is -2.39. The van der Waals surface area contributed by atoms with E-state index in [1.54, 1.807) is 0 Å². The van der Waals surface area contributed by atoms with Crippen LogP contribution in [0.3, 0.4) is 0 Å². The first-order valence-electron chi connectivity index (χ1n) is 10.2. The molecule has 2 aliphatic rings. The first kappa shape index (κ1) is 20.7. The van der Waals surface area contributed by atoms with Gasteiger partial charge in [0, 0.05) is 45.8 Å². The van der Waals surface area contributed by atoms with Crippen LogP contribution in [0.4, 0.5) is 5.69 Å². The second kappa shape index (κ2) is 7.59. The Bertz CT molecular complexity index is 947. The molecule has 0 saturated carbocycles. The Morgan fingerprint density at radius 2 is 1.90 bits per heavy atom. The molecule has 1 fully saturated rings. The van der Waals surface area contributed by atoms with Gasteiger partial charge in [-0.15, -0.1) is 0 Å². The van der Waals surface area contributed by atoms with Gasteiger partial charge in [-0.3, -0.25) is 9.69 Å². The van der Waals surface area contributed by atoms with Crippen LogP contribution < -0.4 is 11.1 Å². The summed E-state index contributed by atoms with van der Waals surface area (Å²) >= 11 is 12.6. The summed E-state index contributed by atoms with van der Waals surface area (Å²) in [6.45, 7) is 7.31. The third-order valence-electron chi connectivity index (χ3n) is 6.48. The average molecular weight is 432 g/mol. The maximum absolute atomic E-state index is 13.7. The summed E-state index contributed by atoms with van der Waals surface area (Å²) in [5.74, 6) is 0.268. The van der Waals surface area contributed by atoms with Crippen molar-refractivity contribution in [1.82, 2.24) is 4.90 Å². The summed E-state index contributed by atoms with van der Waals surface area (Å²) in [6.07, 6.45) is 0.983. The van der Waals surface area contributed by atoms with E-state index in [1.807, 2.05) is 42.5 Å². The summed E-state index contributed by atoms with van der Waals surface area (Å²) in [4.78, 5) is 16.0. The van der Waals surface area contributed by atoms with Gasteiger partial charge in [-0.05, 0) is 49.1 Å². The Balaban J connectivity index is 1.94. The van der Waals surface area contributed by atoms with Crippen molar-refractivity contribution in [3.05, 3.63) is 63.6 Å². The molecule has 29 heavy (non-hydrogen) atoms. The smallest absolute Gasteiger partial charge is 0.250 e. The lowest BCUT2D eigenvalue weighted by Crippen LogP contribution is -2.52. The Morgan fingerprint density at radius 1 is 1.17 bits per heavy atom. The summed E-state index contributed by atoms with van der Waals surface area (Å²) in [6, 6.07) is 13.2. The molecule has 3 N–H and O–H groups in total. The van der Waals surface area contributed by atoms with Gasteiger partial charge in [0.05, 0.1) is 0 Å². The fraction of sp³-hybridized carbons (Fsp3) is 0.435. The normalized spacial score (nSPS) is 28.9. The maximum atomic E-state index is 13.7. The van der Waals surface area contributed by atoms with Crippen LogP contribution in [-0.2, 0) is 10.3 Å². The molecule has 0 aromatic heterocycles. The minimum Gasteiger partial charge on any atom is -0.326 e. The number of likely N-dealkylation sites (tertiary alicyclic amines) is 1. The molecule has 0 aliphatic carbocycles. The van der Waals surface area contributed by atoms with E-state index in [2.05, 4.69) is 31.0 Å². The third kappa shape index (κ3) is 3.17. The lowest BCUT2D eigenvalue weighted by atomic mass is 9.74. The van der Waals surface area contributed by atoms with Gasteiger partial charge in [0.1, 0.15) is 5.54 Å². The number of hydrogen-bond donors (Lipinski definition) is 2. The zero-order chi connectivity index (χ0) is 20.9. The van der Waals surface area contributed by atoms with Crippen molar-refractivity contribution < 1.29 is 4.79 Å². The fourth-order valence-electron chi connectivity index (χ4n) is 5.09. The Hall–Kier alpha value is -1.59. The number of fused-ring (bicyclic) bond motifs is 2. The topological polar surface area (TPSA) is 58.4 Å². The molecule has 2 aliphatic heterocycles. The molecule has 2 aromatic rings. The number of nitrogens with one attached hydrogen (secondary N) is 1. The third-order valence-corrected chi connectivity index (χ3v) is 6.95. The first-order chi connectivity index (χ1) is 13.8. The first-order valence-corrected chi connectivity index (χ1v) is 10.9. The van der Waals surface area contributed by atoms with Crippen LogP contribution in [0.5, 0.6) is 0 Å². The van der Waals surface area contributed by atoms with E-state index in [1.165, 1.54) is 0 Å². The van der Waals surface area contributed by atoms with E-state index in [4.69, 9.17) is 28.9 Å². The van der Waals surface area contributed by atoms with E-state index in [0.29, 0.717) is 16.0 Å². The Morgan fingerprint density at radius 3 is 2.59 bits per heavy atom. The molecule has 6 heteroatoms. The fourth-order valence-corrected chi connectivity index (χ4v) is 5.46.